The Kier molecular flexibility index (Phi) is 3.65. The van der Waals surface area contributed by atoms with Crippen molar-refractivity contribution in [1.29, 1.82) is 0 Å². The molecule has 0 radical (unpaired) electrons. The minimum absolute atomic E-state index is 0.466. The lowest BCUT2D eigenvalue weighted by molar-refractivity contribution is -0.141. The summed E-state index contributed by atoms with van der Waals surface area (Å²) in [5.74, 6) is 0.869. The molecule has 0 saturated heterocycles. The number of thioether (sulfide) groups is 1. The fraction of sp³-hybridized carbons (Fsp3) is 0.900. The van der Waals surface area contributed by atoms with Crippen molar-refractivity contribution in [3.63, 3.8) is 0 Å². The van der Waals surface area contributed by atoms with Gasteiger partial charge in [0.25, 0.3) is 0 Å². The van der Waals surface area contributed by atoms with Gasteiger partial charge in [0.05, 0.1) is 0 Å². The van der Waals surface area contributed by atoms with Gasteiger partial charge in [-0.15, -0.1) is 11.8 Å². The van der Waals surface area contributed by atoms with Crippen LogP contribution in [0.2, 0.25) is 0 Å². The molecule has 0 heterocycles. The summed E-state index contributed by atoms with van der Waals surface area (Å²) in [4.78, 5) is 11.2. The zero-order valence-corrected chi connectivity index (χ0v) is 9.19. The molecule has 1 aliphatic carbocycles. The van der Waals surface area contributed by atoms with E-state index >= 15 is 0 Å². The first-order valence-electron chi connectivity index (χ1n) is 4.98. The summed E-state index contributed by atoms with van der Waals surface area (Å²) in [6, 6.07) is 0. The minimum Gasteiger partial charge on any atom is -0.480 e. The van der Waals surface area contributed by atoms with Crippen LogP contribution in [-0.2, 0) is 4.79 Å². The molecule has 0 aromatic heterocycles. The van der Waals surface area contributed by atoms with Crippen LogP contribution in [0.4, 0.5) is 0 Å². The zero-order chi connectivity index (χ0) is 9.90. The van der Waals surface area contributed by atoms with E-state index in [1.165, 1.54) is 6.42 Å². The molecule has 0 amide bonds. The number of hydrogen-bond acceptors (Lipinski definition) is 2. The minimum atomic E-state index is -0.606. The van der Waals surface area contributed by atoms with Gasteiger partial charge >= 0.3 is 5.97 Å². The van der Waals surface area contributed by atoms with Crippen LogP contribution in [-0.4, -0.2) is 21.6 Å². The quantitative estimate of drug-likeness (QED) is 0.764. The van der Waals surface area contributed by atoms with Crippen molar-refractivity contribution in [2.24, 2.45) is 5.92 Å². The van der Waals surface area contributed by atoms with Crippen LogP contribution in [0, 0.1) is 5.92 Å². The Morgan fingerprint density at radius 2 is 2.38 bits per heavy atom. The predicted octanol–water partition coefficient (Wildman–Crippen LogP) is 2.77. The second kappa shape index (κ2) is 4.36. The van der Waals surface area contributed by atoms with Gasteiger partial charge < -0.3 is 5.11 Å². The van der Waals surface area contributed by atoms with Crippen molar-refractivity contribution < 1.29 is 9.90 Å². The molecule has 0 aromatic carbocycles. The second-order valence-electron chi connectivity index (χ2n) is 3.93. The van der Waals surface area contributed by atoms with E-state index in [4.69, 9.17) is 0 Å². The topological polar surface area (TPSA) is 37.3 Å². The van der Waals surface area contributed by atoms with E-state index < -0.39 is 10.7 Å². The molecular weight excluding hydrogens is 184 g/mol. The van der Waals surface area contributed by atoms with Gasteiger partial charge in [-0.05, 0) is 24.5 Å². The molecule has 0 aliphatic heterocycles. The Morgan fingerprint density at radius 1 is 1.69 bits per heavy atom. The maximum Gasteiger partial charge on any atom is 0.319 e. The Bertz CT molecular complexity index is 189. The lowest BCUT2D eigenvalue weighted by atomic mass is 9.82. The van der Waals surface area contributed by atoms with Crippen LogP contribution in [0.25, 0.3) is 0 Å². The lowest BCUT2D eigenvalue weighted by Crippen LogP contribution is -2.39. The van der Waals surface area contributed by atoms with Crippen molar-refractivity contribution in [2.45, 2.75) is 44.3 Å². The molecule has 13 heavy (non-hydrogen) atoms. The molecule has 0 aromatic rings. The first kappa shape index (κ1) is 10.9. The molecule has 2 nitrogen and oxygen atoms in total. The van der Waals surface area contributed by atoms with Crippen molar-refractivity contribution in [3.8, 4) is 0 Å². The van der Waals surface area contributed by atoms with Gasteiger partial charge in [0.15, 0.2) is 0 Å². The molecule has 1 N–H and O–H groups in total. The van der Waals surface area contributed by atoms with Crippen molar-refractivity contribution >= 4 is 17.7 Å². The smallest absolute Gasteiger partial charge is 0.319 e. The van der Waals surface area contributed by atoms with Crippen LogP contribution < -0.4 is 0 Å². The Morgan fingerprint density at radius 3 is 2.85 bits per heavy atom. The highest BCUT2D eigenvalue weighted by Gasteiger charge is 2.41. The number of rotatable bonds is 3. The van der Waals surface area contributed by atoms with E-state index in [0.717, 1.165) is 25.0 Å². The van der Waals surface area contributed by atoms with E-state index in [2.05, 4.69) is 6.92 Å². The highest BCUT2D eigenvalue weighted by Crippen LogP contribution is 2.42. The molecule has 76 valence electrons. The number of aliphatic carboxylic acids is 1. The second-order valence-corrected chi connectivity index (χ2v) is 5.58. The standard InChI is InChI=1S/C10H18O2S/c1-3-13-10(9(11)12)6-4-5-8(2)7-10/h8H,3-7H2,1-2H3,(H,11,12). The number of carboxylic acid groups (broad SMARTS) is 1. The molecule has 0 bridgehead atoms. The summed E-state index contributed by atoms with van der Waals surface area (Å²) in [6.07, 6.45) is 3.96. The summed E-state index contributed by atoms with van der Waals surface area (Å²) in [5, 5.41) is 9.22. The maximum atomic E-state index is 11.2. The first-order valence-corrected chi connectivity index (χ1v) is 5.96. The van der Waals surface area contributed by atoms with E-state index in [1.807, 2.05) is 6.92 Å². The Hall–Kier alpha value is -0.180. The van der Waals surface area contributed by atoms with E-state index in [-0.39, 0.29) is 0 Å². The molecule has 2 unspecified atom stereocenters. The Labute approximate surface area is 84.1 Å². The van der Waals surface area contributed by atoms with Gasteiger partial charge in [0.2, 0.25) is 0 Å². The van der Waals surface area contributed by atoms with Crippen molar-refractivity contribution in [1.82, 2.24) is 0 Å². The summed E-state index contributed by atoms with van der Waals surface area (Å²) in [7, 11) is 0. The third-order valence-electron chi connectivity index (χ3n) is 2.77. The van der Waals surface area contributed by atoms with Gasteiger partial charge in [-0.25, -0.2) is 0 Å². The van der Waals surface area contributed by atoms with E-state index in [0.29, 0.717) is 5.92 Å². The van der Waals surface area contributed by atoms with Gasteiger partial charge in [0, 0.05) is 0 Å². The molecule has 0 spiro atoms. The normalized spacial score (nSPS) is 34.5. The van der Waals surface area contributed by atoms with Crippen LogP contribution in [0.1, 0.15) is 39.5 Å². The molecule has 2 atom stereocenters. The van der Waals surface area contributed by atoms with Crippen LogP contribution in [0.5, 0.6) is 0 Å². The molecule has 1 saturated carbocycles. The van der Waals surface area contributed by atoms with Crippen molar-refractivity contribution in [3.05, 3.63) is 0 Å². The van der Waals surface area contributed by atoms with Crippen LogP contribution in [0.3, 0.4) is 0 Å². The van der Waals surface area contributed by atoms with Crippen LogP contribution >= 0.6 is 11.8 Å². The van der Waals surface area contributed by atoms with E-state index in [1.54, 1.807) is 11.8 Å². The monoisotopic (exact) mass is 202 g/mol. The third kappa shape index (κ3) is 2.39. The predicted molar refractivity (Wildman–Crippen MR) is 56.1 cm³/mol. The molecule has 1 rings (SSSR count). The summed E-state index contributed by atoms with van der Waals surface area (Å²) < 4.78 is -0.466. The first-order chi connectivity index (χ1) is 6.10. The van der Waals surface area contributed by atoms with Crippen molar-refractivity contribution in [2.75, 3.05) is 5.75 Å². The fourth-order valence-corrected chi connectivity index (χ4v) is 3.53. The average Bonchev–Trinajstić information content (AvgIpc) is 2.04. The number of carbonyl (C=O) groups is 1. The number of carboxylic acids is 1. The molecule has 1 fully saturated rings. The lowest BCUT2D eigenvalue weighted by Gasteiger charge is -2.35. The zero-order valence-electron chi connectivity index (χ0n) is 8.38. The molecule has 1 aliphatic rings. The highest BCUT2D eigenvalue weighted by atomic mass is 32.2. The van der Waals surface area contributed by atoms with E-state index in [9.17, 15) is 9.90 Å². The van der Waals surface area contributed by atoms with Gasteiger partial charge in [0.1, 0.15) is 4.75 Å². The molecular formula is C10H18O2S. The highest BCUT2D eigenvalue weighted by molar-refractivity contribution is 8.01. The largest absolute Gasteiger partial charge is 0.480 e. The fourth-order valence-electron chi connectivity index (χ4n) is 2.17. The molecule has 3 heteroatoms. The van der Waals surface area contributed by atoms with Gasteiger partial charge in [-0.2, -0.15) is 0 Å². The van der Waals surface area contributed by atoms with Gasteiger partial charge in [-0.1, -0.05) is 26.7 Å². The number of hydrogen-bond donors (Lipinski definition) is 1. The Balaban J connectivity index is 2.70. The summed E-state index contributed by atoms with van der Waals surface area (Å²) >= 11 is 1.61. The summed E-state index contributed by atoms with van der Waals surface area (Å²) in [5.41, 5.74) is 0. The SMILES string of the molecule is CCSC1(C(=O)O)CCCC(C)C1. The third-order valence-corrected chi connectivity index (χ3v) is 4.15. The van der Waals surface area contributed by atoms with Crippen LogP contribution in [0.15, 0.2) is 0 Å². The average molecular weight is 202 g/mol. The van der Waals surface area contributed by atoms with Gasteiger partial charge in [-0.3, -0.25) is 4.79 Å². The maximum absolute atomic E-state index is 11.2. The summed E-state index contributed by atoms with van der Waals surface area (Å²) in [6.45, 7) is 4.20.